The van der Waals surface area contributed by atoms with Gasteiger partial charge >= 0.3 is 12.4 Å². The van der Waals surface area contributed by atoms with Gasteiger partial charge in [0.2, 0.25) is 0 Å². The zero-order valence-corrected chi connectivity index (χ0v) is 19.7. The van der Waals surface area contributed by atoms with Gasteiger partial charge in [-0.2, -0.15) is 26.3 Å². The number of halogens is 6. The van der Waals surface area contributed by atoms with Crippen molar-refractivity contribution in [3.05, 3.63) is 88.2 Å². The fraction of sp³-hybridized carbons (Fsp3) is 0.269. The van der Waals surface area contributed by atoms with E-state index < -0.39 is 41.8 Å². The Morgan fingerprint density at radius 2 is 1.43 bits per heavy atom. The van der Waals surface area contributed by atoms with Crippen LogP contribution in [0.4, 0.5) is 26.3 Å². The second-order valence-corrected chi connectivity index (χ2v) is 8.77. The van der Waals surface area contributed by atoms with E-state index >= 15 is 0 Å². The molecule has 0 bridgehead atoms. The maximum Gasteiger partial charge on any atom is 0.416 e. The van der Waals surface area contributed by atoms with E-state index in [1.54, 1.807) is 37.3 Å². The number of likely N-dealkylation sites (N-methyl/N-ethyl adjacent to an activating group) is 1. The number of aryl methyl sites for hydroxylation is 1. The van der Waals surface area contributed by atoms with Crippen molar-refractivity contribution in [1.82, 2.24) is 14.8 Å². The predicted octanol–water partition coefficient (Wildman–Crippen LogP) is 5.82. The first kappa shape index (κ1) is 26.2. The number of hydrogen-bond donors (Lipinski definition) is 0. The molecule has 5 nitrogen and oxygen atoms in total. The maximum absolute atomic E-state index is 13.8. The number of amides is 2. The van der Waals surface area contributed by atoms with Crippen molar-refractivity contribution in [2.75, 3.05) is 20.1 Å². The molecule has 0 fully saturated rings. The third-order valence-electron chi connectivity index (χ3n) is 6.11. The van der Waals surface area contributed by atoms with Crippen LogP contribution in [0.3, 0.4) is 0 Å². The molecule has 194 valence electrons. The standard InChI is InChI=1S/C26H21F6N3O2/c1-15-13-33-22-21(20(15)17-6-4-3-5-7-17)23(36)35(9-8-34(2)24(22)37)14-16-10-18(25(27,28)29)12-19(11-16)26(30,31)32/h3-7,10-13H,8-9,14H2,1-2H3. The lowest BCUT2D eigenvalue weighted by Crippen LogP contribution is -2.43. The molecule has 1 aromatic heterocycles. The van der Waals surface area contributed by atoms with Gasteiger partial charge in [0.1, 0.15) is 5.69 Å². The van der Waals surface area contributed by atoms with E-state index in [1.807, 2.05) is 0 Å². The van der Waals surface area contributed by atoms with Gasteiger partial charge in [0, 0.05) is 38.4 Å². The molecule has 0 aliphatic carbocycles. The molecule has 0 saturated heterocycles. The molecule has 1 aliphatic rings. The molecule has 0 radical (unpaired) electrons. The number of carbonyl (C=O) groups excluding carboxylic acids is 2. The van der Waals surface area contributed by atoms with Gasteiger partial charge in [-0.3, -0.25) is 9.59 Å². The number of pyridine rings is 1. The number of nitrogens with zero attached hydrogens (tertiary/aromatic N) is 3. The number of aromatic nitrogens is 1. The van der Waals surface area contributed by atoms with Gasteiger partial charge in [-0.25, -0.2) is 4.98 Å². The Kier molecular flexibility index (Phi) is 6.74. The summed E-state index contributed by atoms with van der Waals surface area (Å²) in [6, 6.07) is 9.95. The largest absolute Gasteiger partial charge is 0.416 e. The number of benzene rings is 2. The summed E-state index contributed by atoms with van der Waals surface area (Å²) in [4.78, 5) is 33.5. The quantitative estimate of drug-likeness (QED) is 0.408. The molecule has 1 aliphatic heterocycles. The summed E-state index contributed by atoms with van der Waals surface area (Å²) in [5.41, 5.74) is -1.85. The van der Waals surface area contributed by atoms with Crippen LogP contribution in [0.5, 0.6) is 0 Å². The molecule has 0 saturated carbocycles. The molecule has 37 heavy (non-hydrogen) atoms. The van der Waals surface area contributed by atoms with E-state index in [0.717, 1.165) is 4.90 Å². The highest BCUT2D eigenvalue weighted by Crippen LogP contribution is 2.37. The van der Waals surface area contributed by atoms with E-state index in [2.05, 4.69) is 4.98 Å². The van der Waals surface area contributed by atoms with Crippen molar-refractivity contribution in [2.45, 2.75) is 25.8 Å². The molecule has 0 atom stereocenters. The molecule has 11 heteroatoms. The van der Waals surface area contributed by atoms with Crippen molar-refractivity contribution in [3.63, 3.8) is 0 Å². The number of alkyl halides is 6. The molecule has 0 N–H and O–H groups in total. The van der Waals surface area contributed by atoms with Gasteiger partial charge in [-0.05, 0) is 41.8 Å². The fourth-order valence-corrected chi connectivity index (χ4v) is 4.25. The van der Waals surface area contributed by atoms with Gasteiger partial charge in [0.05, 0.1) is 16.7 Å². The van der Waals surface area contributed by atoms with Crippen molar-refractivity contribution in [1.29, 1.82) is 0 Å². The van der Waals surface area contributed by atoms with Crippen molar-refractivity contribution >= 4 is 11.8 Å². The zero-order valence-electron chi connectivity index (χ0n) is 19.7. The molecule has 3 aromatic rings. The number of rotatable bonds is 3. The Morgan fingerprint density at radius 3 is 2.00 bits per heavy atom. The second-order valence-electron chi connectivity index (χ2n) is 8.77. The summed E-state index contributed by atoms with van der Waals surface area (Å²) in [6.07, 6.45) is -8.58. The predicted molar refractivity (Wildman–Crippen MR) is 123 cm³/mol. The van der Waals surface area contributed by atoms with Gasteiger partial charge in [0.15, 0.2) is 0 Å². The summed E-state index contributed by atoms with van der Waals surface area (Å²) >= 11 is 0. The minimum atomic E-state index is -5.02. The Labute approximate surface area is 208 Å². The summed E-state index contributed by atoms with van der Waals surface area (Å²) in [5.74, 6) is -1.23. The molecular formula is C26H21F6N3O2. The first-order chi connectivity index (χ1) is 17.3. The van der Waals surface area contributed by atoms with Crippen molar-refractivity contribution in [2.24, 2.45) is 0 Å². The van der Waals surface area contributed by atoms with Gasteiger partial charge in [0.25, 0.3) is 11.8 Å². The van der Waals surface area contributed by atoms with Crippen LogP contribution in [0, 0.1) is 6.92 Å². The minimum Gasteiger partial charge on any atom is -0.339 e. The third kappa shape index (κ3) is 5.30. The lowest BCUT2D eigenvalue weighted by molar-refractivity contribution is -0.143. The van der Waals surface area contributed by atoms with Gasteiger partial charge < -0.3 is 9.80 Å². The topological polar surface area (TPSA) is 53.5 Å². The zero-order chi connectivity index (χ0) is 27.1. The Bertz CT molecular complexity index is 1320. The Balaban J connectivity index is 1.86. The van der Waals surface area contributed by atoms with Crippen LogP contribution in [-0.2, 0) is 18.9 Å². The average molecular weight is 521 g/mol. The normalized spacial score (nSPS) is 14.9. The number of hydrogen-bond acceptors (Lipinski definition) is 3. The smallest absolute Gasteiger partial charge is 0.339 e. The monoisotopic (exact) mass is 521 g/mol. The third-order valence-corrected chi connectivity index (χ3v) is 6.11. The first-order valence-electron chi connectivity index (χ1n) is 11.2. The van der Waals surface area contributed by atoms with Crippen LogP contribution >= 0.6 is 0 Å². The number of fused-ring (bicyclic) bond motifs is 1. The highest BCUT2D eigenvalue weighted by molar-refractivity contribution is 6.11. The van der Waals surface area contributed by atoms with Gasteiger partial charge in [-0.15, -0.1) is 0 Å². The second kappa shape index (κ2) is 9.53. The van der Waals surface area contributed by atoms with Crippen LogP contribution < -0.4 is 0 Å². The van der Waals surface area contributed by atoms with E-state index in [1.165, 1.54) is 18.1 Å². The summed E-state index contributed by atoms with van der Waals surface area (Å²) < 4.78 is 80.3. The van der Waals surface area contributed by atoms with E-state index in [-0.39, 0.29) is 36.0 Å². The summed E-state index contributed by atoms with van der Waals surface area (Å²) in [5, 5.41) is 0. The van der Waals surface area contributed by atoms with E-state index in [4.69, 9.17) is 0 Å². The molecule has 4 rings (SSSR count). The molecule has 0 spiro atoms. The Hall–Kier alpha value is -3.89. The van der Waals surface area contributed by atoms with E-state index in [9.17, 15) is 35.9 Å². The lowest BCUT2D eigenvalue weighted by Gasteiger charge is -2.31. The van der Waals surface area contributed by atoms with Crippen LogP contribution in [0.2, 0.25) is 0 Å². The molecular weight excluding hydrogens is 500 g/mol. The Morgan fingerprint density at radius 1 is 0.838 bits per heavy atom. The van der Waals surface area contributed by atoms with Crippen molar-refractivity contribution in [3.8, 4) is 11.1 Å². The molecule has 0 unspecified atom stereocenters. The van der Waals surface area contributed by atoms with Crippen LogP contribution in [0.25, 0.3) is 11.1 Å². The first-order valence-corrected chi connectivity index (χ1v) is 11.2. The van der Waals surface area contributed by atoms with Crippen molar-refractivity contribution < 1.29 is 35.9 Å². The average Bonchev–Trinajstić information content (AvgIpc) is 2.84. The SMILES string of the molecule is Cc1cnc2c(c1-c1ccccc1)C(=O)N(Cc1cc(C(F)(F)F)cc(C(F)(F)F)c1)CCN(C)C2=O. The molecule has 2 amide bonds. The highest BCUT2D eigenvalue weighted by Gasteiger charge is 2.38. The molecule has 2 heterocycles. The maximum atomic E-state index is 13.8. The summed E-state index contributed by atoms with van der Waals surface area (Å²) in [7, 11) is 1.48. The van der Waals surface area contributed by atoms with E-state index in [0.29, 0.717) is 28.8 Å². The summed E-state index contributed by atoms with van der Waals surface area (Å²) in [6.45, 7) is 1.06. The fourth-order valence-electron chi connectivity index (χ4n) is 4.25. The molecule has 2 aromatic carbocycles. The van der Waals surface area contributed by atoms with Crippen LogP contribution in [0.15, 0.2) is 54.7 Å². The minimum absolute atomic E-state index is 0.00529. The van der Waals surface area contributed by atoms with Crippen LogP contribution in [0.1, 0.15) is 43.1 Å². The lowest BCUT2D eigenvalue weighted by atomic mass is 9.93. The van der Waals surface area contributed by atoms with Gasteiger partial charge in [-0.1, -0.05) is 30.3 Å². The van der Waals surface area contributed by atoms with Crippen LogP contribution in [-0.4, -0.2) is 46.7 Å². The highest BCUT2D eigenvalue weighted by atomic mass is 19.4. The number of carbonyl (C=O) groups is 2.